The number of rotatable bonds is 12. The number of ether oxygens (including phenoxy) is 1. The van der Waals surface area contributed by atoms with Gasteiger partial charge in [0.2, 0.25) is 0 Å². The minimum Gasteiger partial charge on any atom is -0.382 e. The molecule has 11 heteroatoms. The molecular weight excluding hydrogens is 326 g/mol. The number of hydrogen-bond acceptors (Lipinski definition) is 9. The van der Waals surface area contributed by atoms with Gasteiger partial charge >= 0.3 is 15.6 Å². The first kappa shape index (κ1) is 21.2. The molecule has 21 heavy (non-hydrogen) atoms. The van der Waals surface area contributed by atoms with E-state index in [2.05, 4.69) is 9.05 Å². The van der Waals surface area contributed by atoms with Gasteiger partial charge in [0.15, 0.2) is 0 Å². The zero-order valence-corrected chi connectivity index (χ0v) is 14.9. The van der Waals surface area contributed by atoms with Crippen LogP contribution in [0, 0.1) is 0 Å². The van der Waals surface area contributed by atoms with Crippen LogP contribution < -0.4 is 0 Å². The molecule has 0 aliphatic carbocycles. The lowest BCUT2D eigenvalue weighted by Gasteiger charge is -2.23. The Kier molecular flexibility index (Phi) is 10.1. The molecule has 3 unspecified atom stereocenters. The first-order chi connectivity index (χ1) is 9.74. The van der Waals surface area contributed by atoms with Crippen LogP contribution in [0.4, 0.5) is 0 Å². The number of phosphoric acid groups is 2. The number of methoxy groups -OCH3 is 1. The smallest absolute Gasteiger partial charge is 0.382 e. The average molecular weight is 350 g/mol. The van der Waals surface area contributed by atoms with Crippen molar-refractivity contribution in [3.8, 4) is 0 Å². The Bertz CT molecular complexity index is 368. The quantitative estimate of drug-likeness (QED) is 0.492. The zero-order valence-electron chi connectivity index (χ0n) is 13.1. The van der Waals surface area contributed by atoms with Crippen molar-refractivity contribution < 1.29 is 41.0 Å². The van der Waals surface area contributed by atoms with E-state index in [9.17, 15) is 9.13 Å². The van der Waals surface area contributed by atoms with Gasteiger partial charge in [0, 0.05) is 28.4 Å². The molecule has 3 atom stereocenters. The topological polar surface area (TPSA) is 98.8 Å². The molecule has 0 spiro atoms. The predicted molar refractivity (Wildman–Crippen MR) is 75.2 cm³/mol. The molecule has 0 aromatic rings. The monoisotopic (exact) mass is 350 g/mol. The molecule has 0 N–H and O–H groups in total. The van der Waals surface area contributed by atoms with E-state index in [4.69, 9.17) is 22.8 Å². The van der Waals surface area contributed by atoms with Crippen molar-refractivity contribution in [3.05, 3.63) is 0 Å². The standard InChI is InChI=1S/C10H24O9P2/c1-9(7-13-3)19-21(12,16-6)17-8-10(2)18-20(11,14-4)15-5/h9-10H,7-8H2,1-6H3. The molecule has 0 aromatic heterocycles. The summed E-state index contributed by atoms with van der Waals surface area (Å²) in [6, 6.07) is 0. The van der Waals surface area contributed by atoms with Gasteiger partial charge in [-0.05, 0) is 13.8 Å². The van der Waals surface area contributed by atoms with E-state index in [1.165, 1.54) is 28.4 Å². The Morgan fingerprint density at radius 3 is 1.62 bits per heavy atom. The van der Waals surface area contributed by atoms with Crippen molar-refractivity contribution in [3.63, 3.8) is 0 Å². The molecule has 0 saturated carbocycles. The van der Waals surface area contributed by atoms with Gasteiger partial charge in [-0.1, -0.05) is 0 Å². The van der Waals surface area contributed by atoms with Crippen LogP contribution in [0.25, 0.3) is 0 Å². The van der Waals surface area contributed by atoms with Gasteiger partial charge in [-0.15, -0.1) is 0 Å². The Morgan fingerprint density at radius 2 is 1.19 bits per heavy atom. The van der Waals surface area contributed by atoms with Gasteiger partial charge in [0.25, 0.3) is 0 Å². The zero-order chi connectivity index (χ0) is 16.5. The maximum absolute atomic E-state index is 12.2. The van der Waals surface area contributed by atoms with E-state index < -0.39 is 27.9 Å². The van der Waals surface area contributed by atoms with Gasteiger partial charge < -0.3 is 4.74 Å². The van der Waals surface area contributed by atoms with E-state index in [1.807, 2.05) is 0 Å². The second-order valence-electron chi connectivity index (χ2n) is 4.03. The van der Waals surface area contributed by atoms with Crippen LogP contribution >= 0.6 is 15.6 Å². The SMILES string of the molecule is COCC(C)OP(=O)(OC)OCC(C)OP(=O)(OC)OC. The molecule has 0 radical (unpaired) electrons. The van der Waals surface area contributed by atoms with Crippen molar-refractivity contribution in [2.45, 2.75) is 26.1 Å². The summed E-state index contributed by atoms with van der Waals surface area (Å²) < 4.78 is 58.1. The summed E-state index contributed by atoms with van der Waals surface area (Å²) in [7, 11) is -2.33. The third-order valence-electron chi connectivity index (χ3n) is 2.16. The van der Waals surface area contributed by atoms with Crippen LogP contribution in [0.15, 0.2) is 0 Å². The fourth-order valence-corrected chi connectivity index (χ4v) is 3.19. The first-order valence-corrected chi connectivity index (χ1v) is 9.03. The second-order valence-corrected chi connectivity index (χ2v) is 7.59. The first-order valence-electron chi connectivity index (χ1n) is 6.11. The van der Waals surface area contributed by atoms with Crippen molar-refractivity contribution in [1.29, 1.82) is 0 Å². The van der Waals surface area contributed by atoms with Crippen LogP contribution in [0.5, 0.6) is 0 Å². The van der Waals surface area contributed by atoms with E-state index in [0.29, 0.717) is 0 Å². The fourth-order valence-electron chi connectivity index (χ4n) is 1.22. The fraction of sp³-hybridized carbons (Fsp3) is 1.00. The Hall–Kier alpha value is 0.180. The van der Waals surface area contributed by atoms with E-state index in [-0.39, 0.29) is 13.2 Å². The van der Waals surface area contributed by atoms with Gasteiger partial charge in [0.05, 0.1) is 25.4 Å². The highest BCUT2D eigenvalue weighted by Crippen LogP contribution is 2.52. The molecule has 0 aromatic carbocycles. The van der Waals surface area contributed by atoms with Crippen LogP contribution in [-0.4, -0.2) is 53.9 Å². The molecule has 0 rings (SSSR count). The highest BCUT2D eigenvalue weighted by molar-refractivity contribution is 7.48. The van der Waals surface area contributed by atoms with Gasteiger partial charge in [0.1, 0.15) is 0 Å². The molecule has 128 valence electrons. The van der Waals surface area contributed by atoms with Crippen LogP contribution in [0.1, 0.15) is 13.8 Å². The van der Waals surface area contributed by atoms with Crippen molar-refractivity contribution in [2.75, 3.05) is 41.7 Å². The third kappa shape index (κ3) is 8.40. The lowest BCUT2D eigenvalue weighted by atomic mass is 10.5. The molecule has 0 fully saturated rings. The number of hydrogen-bond donors (Lipinski definition) is 0. The summed E-state index contributed by atoms with van der Waals surface area (Å²) in [5.74, 6) is 0. The molecule has 0 aliphatic heterocycles. The Morgan fingerprint density at radius 1 is 0.762 bits per heavy atom. The summed E-state index contributed by atoms with van der Waals surface area (Å²) >= 11 is 0. The molecule has 0 aliphatic rings. The molecule has 0 saturated heterocycles. The third-order valence-corrected chi connectivity index (χ3v) is 5.20. The van der Waals surface area contributed by atoms with E-state index >= 15 is 0 Å². The summed E-state index contributed by atoms with van der Waals surface area (Å²) in [5.41, 5.74) is 0. The Balaban J connectivity index is 4.44. The molecule has 0 amide bonds. The summed E-state index contributed by atoms with van der Waals surface area (Å²) in [6.45, 7) is 3.23. The van der Waals surface area contributed by atoms with Crippen molar-refractivity contribution in [1.82, 2.24) is 0 Å². The average Bonchev–Trinajstić information content (AvgIpc) is 2.45. The second kappa shape index (κ2) is 10.0. The molecular formula is C10H24O9P2. The van der Waals surface area contributed by atoms with Crippen LogP contribution in [-0.2, 0) is 41.0 Å². The van der Waals surface area contributed by atoms with E-state index in [1.54, 1.807) is 13.8 Å². The predicted octanol–water partition coefficient (Wildman–Crippen LogP) is 2.62. The summed E-state index contributed by atoms with van der Waals surface area (Å²) in [6.07, 6.45) is -1.21. The van der Waals surface area contributed by atoms with Crippen LogP contribution in [0.2, 0.25) is 0 Å². The summed E-state index contributed by atoms with van der Waals surface area (Å²) in [4.78, 5) is 0. The number of phosphoric ester groups is 2. The van der Waals surface area contributed by atoms with Gasteiger partial charge in [-0.2, -0.15) is 0 Å². The Labute approximate surface area is 125 Å². The minimum atomic E-state index is -3.75. The van der Waals surface area contributed by atoms with Gasteiger partial charge in [-0.3, -0.25) is 27.1 Å². The van der Waals surface area contributed by atoms with Crippen molar-refractivity contribution in [2.24, 2.45) is 0 Å². The maximum Gasteiger partial charge on any atom is 0.474 e. The van der Waals surface area contributed by atoms with Gasteiger partial charge in [-0.25, -0.2) is 9.13 Å². The highest BCUT2D eigenvalue weighted by Gasteiger charge is 2.31. The summed E-state index contributed by atoms with van der Waals surface area (Å²) in [5, 5.41) is 0. The lowest BCUT2D eigenvalue weighted by molar-refractivity contribution is 0.0290. The maximum atomic E-state index is 12.2. The largest absolute Gasteiger partial charge is 0.474 e. The molecule has 0 heterocycles. The minimum absolute atomic E-state index is 0.193. The normalized spacial score (nSPS) is 18.2. The van der Waals surface area contributed by atoms with E-state index in [0.717, 1.165) is 0 Å². The molecule has 9 nitrogen and oxygen atoms in total. The van der Waals surface area contributed by atoms with Crippen LogP contribution in [0.3, 0.4) is 0 Å². The van der Waals surface area contributed by atoms with Crippen molar-refractivity contribution >= 4 is 15.6 Å². The molecule has 0 bridgehead atoms. The highest BCUT2D eigenvalue weighted by atomic mass is 31.2. The lowest BCUT2D eigenvalue weighted by Crippen LogP contribution is -2.19.